The Bertz CT molecular complexity index is 606. The molecule has 0 fully saturated rings. The van der Waals surface area contributed by atoms with Crippen molar-refractivity contribution in [2.24, 2.45) is 0 Å². The van der Waals surface area contributed by atoms with Crippen molar-refractivity contribution in [3.05, 3.63) is 41.4 Å². The summed E-state index contributed by atoms with van der Waals surface area (Å²) in [6.45, 7) is 4.12. The van der Waals surface area contributed by atoms with Gasteiger partial charge in [-0.1, -0.05) is 26.0 Å². The highest BCUT2D eigenvalue weighted by atomic mass is 16.3. The molecule has 0 bridgehead atoms. The normalized spacial score (nSPS) is 12.0. The van der Waals surface area contributed by atoms with Gasteiger partial charge in [0, 0.05) is 0 Å². The van der Waals surface area contributed by atoms with Crippen LogP contribution in [-0.4, -0.2) is 20.2 Å². The van der Waals surface area contributed by atoms with E-state index in [9.17, 15) is 5.11 Å². The molecule has 0 aliphatic rings. The molecule has 0 saturated heterocycles. The van der Waals surface area contributed by atoms with Crippen LogP contribution in [0.1, 0.15) is 30.7 Å². The Morgan fingerprint density at radius 2 is 1.78 bits per heavy atom. The van der Waals surface area contributed by atoms with Crippen molar-refractivity contribution in [1.82, 2.24) is 9.97 Å². The topological polar surface area (TPSA) is 66.2 Å². The van der Waals surface area contributed by atoms with E-state index < -0.39 is 0 Å². The minimum atomic E-state index is -0.270. The van der Waals surface area contributed by atoms with Crippen molar-refractivity contribution in [2.45, 2.75) is 26.7 Å². The quantitative estimate of drug-likeness (QED) is 0.814. The van der Waals surface area contributed by atoms with Gasteiger partial charge in [-0.05, 0) is 24.0 Å². The molecule has 18 heavy (non-hydrogen) atoms. The number of hydrogen-bond acceptors (Lipinski definition) is 4. The first-order valence-corrected chi connectivity index (χ1v) is 6.02. The van der Waals surface area contributed by atoms with Gasteiger partial charge in [0.15, 0.2) is 5.76 Å². The maximum atomic E-state index is 9.49. The van der Waals surface area contributed by atoms with Gasteiger partial charge in [0.05, 0.1) is 17.2 Å². The molecular weight excluding hydrogens is 228 g/mol. The minimum absolute atomic E-state index is 0.270. The third-order valence-corrected chi connectivity index (χ3v) is 3.01. The summed E-state index contributed by atoms with van der Waals surface area (Å²) in [5.74, 6) is -0.270. The number of nitrogens with zero attached hydrogens (tertiary/aromatic N) is 2. The van der Waals surface area contributed by atoms with E-state index in [1.807, 2.05) is 6.07 Å². The summed E-state index contributed by atoms with van der Waals surface area (Å²) in [6.07, 6.45) is 3.84. The molecule has 2 N–H and O–H groups in total. The van der Waals surface area contributed by atoms with E-state index in [-0.39, 0.29) is 11.5 Å². The molecule has 0 aliphatic carbocycles. The van der Waals surface area contributed by atoms with Crippen molar-refractivity contribution in [3.63, 3.8) is 0 Å². The van der Waals surface area contributed by atoms with Gasteiger partial charge >= 0.3 is 0 Å². The van der Waals surface area contributed by atoms with Crippen LogP contribution in [0.2, 0.25) is 0 Å². The predicted molar refractivity (Wildman–Crippen MR) is 71.5 cm³/mol. The highest BCUT2D eigenvalue weighted by Gasteiger charge is 2.10. The number of aliphatic hydroxyl groups is 2. The Hall–Kier alpha value is -2.10. The molecule has 0 radical (unpaired) electrons. The lowest BCUT2D eigenvalue weighted by Gasteiger charge is -2.08. The third-order valence-electron chi connectivity index (χ3n) is 3.01. The first-order chi connectivity index (χ1) is 8.71. The SMILES string of the molecule is CCc1ccc(CC)c2nc(C(O)=CO)cnc12. The number of benzene rings is 1. The molecule has 0 aliphatic heterocycles. The zero-order valence-corrected chi connectivity index (χ0v) is 10.5. The van der Waals surface area contributed by atoms with Gasteiger partial charge in [-0.25, -0.2) is 4.98 Å². The second-order valence-electron chi connectivity index (χ2n) is 4.06. The van der Waals surface area contributed by atoms with E-state index in [0.29, 0.717) is 6.26 Å². The highest BCUT2D eigenvalue weighted by Crippen LogP contribution is 2.22. The van der Waals surface area contributed by atoms with E-state index in [1.165, 1.54) is 6.20 Å². The van der Waals surface area contributed by atoms with E-state index in [4.69, 9.17) is 5.11 Å². The third kappa shape index (κ3) is 2.01. The summed E-state index contributed by atoms with van der Waals surface area (Å²) >= 11 is 0. The van der Waals surface area contributed by atoms with Crippen LogP contribution in [0, 0.1) is 0 Å². The summed E-state index contributed by atoms with van der Waals surface area (Å²) in [6, 6.07) is 4.11. The lowest BCUT2D eigenvalue weighted by molar-refractivity contribution is 0.430. The molecule has 94 valence electrons. The molecule has 0 spiro atoms. The summed E-state index contributed by atoms with van der Waals surface area (Å²) in [5, 5.41) is 18.3. The highest BCUT2D eigenvalue weighted by molar-refractivity contribution is 5.82. The van der Waals surface area contributed by atoms with Crippen LogP contribution in [0.15, 0.2) is 24.6 Å². The number of hydrogen-bond donors (Lipinski definition) is 2. The maximum Gasteiger partial charge on any atom is 0.177 e. The number of aromatic nitrogens is 2. The second-order valence-corrected chi connectivity index (χ2v) is 4.06. The molecule has 0 unspecified atom stereocenters. The standard InChI is InChI=1S/C14H16N2O2/c1-3-9-5-6-10(4-2)14-13(9)15-7-11(16-14)12(18)8-17/h5-8,17-18H,3-4H2,1-2H3. The molecule has 1 aromatic carbocycles. The van der Waals surface area contributed by atoms with Crippen molar-refractivity contribution in [3.8, 4) is 0 Å². The molecule has 0 saturated carbocycles. The zero-order chi connectivity index (χ0) is 13.1. The average molecular weight is 244 g/mol. The van der Waals surface area contributed by atoms with Crippen LogP contribution in [0.5, 0.6) is 0 Å². The molecule has 1 aromatic heterocycles. The predicted octanol–water partition coefficient (Wildman–Crippen LogP) is 3.17. The van der Waals surface area contributed by atoms with E-state index in [0.717, 1.165) is 35.0 Å². The molecule has 0 amide bonds. The van der Waals surface area contributed by atoms with Gasteiger partial charge < -0.3 is 10.2 Å². The van der Waals surface area contributed by atoms with Crippen LogP contribution in [-0.2, 0) is 12.8 Å². The number of fused-ring (bicyclic) bond motifs is 1. The van der Waals surface area contributed by atoms with Crippen molar-refractivity contribution >= 4 is 16.8 Å². The second kappa shape index (κ2) is 5.04. The van der Waals surface area contributed by atoms with Gasteiger partial charge in [-0.2, -0.15) is 0 Å². The molecular formula is C14H16N2O2. The first-order valence-electron chi connectivity index (χ1n) is 6.02. The molecule has 1 heterocycles. The molecule has 4 heteroatoms. The molecule has 4 nitrogen and oxygen atoms in total. The Kier molecular flexibility index (Phi) is 3.46. The fraction of sp³-hybridized carbons (Fsp3) is 0.286. The summed E-state index contributed by atoms with van der Waals surface area (Å²) in [7, 11) is 0. The van der Waals surface area contributed by atoms with Crippen LogP contribution in [0.3, 0.4) is 0 Å². The Morgan fingerprint density at radius 3 is 2.33 bits per heavy atom. The van der Waals surface area contributed by atoms with E-state index in [2.05, 4.69) is 29.9 Å². The summed E-state index contributed by atoms with van der Waals surface area (Å²) < 4.78 is 0. The number of aliphatic hydroxyl groups excluding tert-OH is 2. The lowest BCUT2D eigenvalue weighted by Crippen LogP contribution is -1.98. The summed E-state index contributed by atoms with van der Waals surface area (Å²) in [4.78, 5) is 8.74. The van der Waals surface area contributed by atoms with Crippen LogP contribution < -0.4 is 0 Å². The van der Waals surface area contributed by atoms with Gasteiger partial charge in [0.25, 0.3) is 0 Å². The minimum Gasteiger partial charge on any atom is -0.512 e. The Morgan fingerprint density at radius 1 is 1.17 bits per heavy atom. The van der Waals surface area contributed by atoms with Crippen molar-refractivity contribution < 1.29 is 10.2 Å². The summed E-state index contributed by atoms with van der Waals surface area (Å²) in [5.41, 5.74) is 4.16. The molecule has 0 atom stereocenters. The van der Waals surface area contributed by atoms with Gasteiger partial charge in [-0.3, -0.25) is 4.98 Å². The fourth-order valence-corrected chi connectivity index (χ4v) is 1.97. The van der Waals surface area contributed by atoms with Crippen molar-refractivity contribution in [2.75, 3.05) is 0 Å². The zero-order valence-electron chi connectivity index (χ0n) is 10.5. The van der Waals surface area contributed by atoms with Gasteiger partial charge in [0.2, 0.25) is 0 Å². The van der Waals surface area contributed by atoms with Crippen LogP contribution in [0.25, 0.3) is 16.8 Å². The number of rotatable bonds is 3. The van der Waals surface area contributed by atoms with E-state index >= 15 is 0 Å². The first kappa shape index (κ1) is 12.4. The van der Waals surface area contributed by atoms with Gasteiger partial charge in [0.1, 0.15) is 12.0 Å². The van der Waals surface area contributed by atoms with Gasteiger partial charge in [-0.15, -0.1) is 0 Å². The molecule has 2 aromatic rings. The average Bonchev–Trinajstić information content (AvgIpc) is 2.44. The fourth-order valence-electron chi connectivity index (χ4n) is 1.97. The monoisotopic (exact) mass is 244 g/mol. The maximum absolute atomic E-state index is 9.49. The number of aryl methyl sites for hydroxylation is 2. The Labute approximate surface area is 106 Å². The van der Waals surface area contributed by atoms with E-state index in [1.54, 1.807) is 0 Å². The van der Waals surface area contributed by atoms with Crippen LogP contribution in [0.4, 0.5) is 0 Å². The largest absolute Gasteiger partial charge is 0.512 e. The smallest absolute Gasteiger partial charge is 0.177 e. The molecule has 2 rings (SSSR count). The Balaban J connectivity index is 2.74. The lowest BCUT2D eigenvalue weighted by atomic mass is 10.0. The van der Waals surface area contributed by atoms with Crippen molar-refractivity contribution in [1.29, 1.82) is 0 Å². The van der Waals surface area contributed by atoms with Crippen LogP contribution >= 0.6 is 0 Å².